The lowest BCUT2D eigenvalue weighted by atomic mass is 9.86. The van der Waals surface area contributed by atoms with E-state index in [0.717, 1.165) is 17.8 Å². The minimum absolute atomic E-state index is 0.238. The Morgan fingerprint density at radius 3 is 2.63 bits per heavy atom. The van der Waals surface area contributed by atoms with Gasteiger partial charge in [0, 0.05) is 44.6 Å². The van der Waals surface area contributed by atoms with Crippen LogP contribution >= 0.6 is 0 Å². The highest BCUT2D eigenvalue weighted by Gasteiger charge is 2.34. The lowest BCUT2D eigenvalue weighted by molar-refractivity contribution is -0.124. The third kappa shape index (κ3) is 4.69. The zero-order valence-electron chi connectivity index (χ0n) is 18.1. The number of carbonyl (C=O) groups excluding carboxylic acids is 2. The van der Waals surface area contributed by atoms with Crippen LogP contribution in [0, 0.1) is 17.3 Å². The van der Waals surface area contributed by atoms with Crippen LogP contribution in [0.2, 0.25) is 0 Å². The van der Waals surface area contributed by atoms with Crippen LogP contribution in [-0.2, 0) is 17.9 Å². The van der Waals surface area contributed by atoms with Crippen LogP contribution in [-0.4, -0.2) is 57.9 Å². The van der Waals surface area contributed by atoms with Crippen LogP contribution in [0.15, 0.2) is 24.5 Å². The first kappa shape index (κ1) is 21.5. The number of fused-ring (bicyclic) bond motifs is 1. The number of pyridine rings is 1. The van der Waals surface area contributed by atoms with Crippen molar-refractivity contribution < 1.29 is 9.59 Å². The molecular weight excluding hydrogens is 380 g/mol. The molecule has 8 heteroatoms. The second-order valence-corrected chi connectivity index (χ2v) is 8.50. The van der Waals surface area contributed by atoms with E-state index in [4.69, 9.17) is 0 Å². The maximum atomic E-state index is 13.1. The summed E-state index contributed by atoms with van der Waals surface area (Å²) >= 11 is 0. The van der Waals surface area contributed by atoms with Crippen molar-refractivity contribution >= 4 is 11.8 Å². The molecule has 1 atom stereocenters. The van der Waals surface area contributed by atoms with Gasteiger partial charge in [0.15, 0.2) is 11.5 Å². The molecule has 2 aromatic heterocycles. The Kier molecular flexibility index (Phi) is 6.22. The first-order chi connectivity index (χ1) is 14.2. The Morgan fingerprint density at radius 1 is 1.23 bits per heavy atom. The fourth-order valence-electron chi connectivity index (χ4n) is 3.35. The summed E-state index contributed by atoms with van der Waals surface area (Å²) in [6.45, 7) is 7.86. The molecule has 0 saturated carbocycles. The van der Waals surface area contributed by atoms with Crippen LogP contribution in [0.25, 0.3) is 0 Å². The number of nitrogens with one attached hydrogen (secondary N) is 2. The number of aromatic nitrogens is 3. The van der Waals surface area contributed by atoms with Crippen LogP contribution in [0.4, 0.5) is 0 Å². The van der Waals surface area contributed by atoms with Crippen molar-refractivity contribution in [2.45, 2.75) is 39.9 Å². The summed E-state index contributed by atoms with van der Waals surface area (Å²) in [5.41, 5.74) is 1.45. The summed E-state index contributed by atoms with van der Waals surface area (Å²) in [6, 6.07) is 3.02. The molecule has 0 aliphatic carbocycles. The highest BCUT2D eigenvalue weighted by atomic mass is 16.2. The van der Waals surface area contributed by atoms with E-state index < -0.39 is 11.5 Å². The van der Waals surface area contributed by atoms with Crippen molar-refractivity contribution in [1.29, 1.82) is 0 Å². The molecule has 158 valence electrons. The summed E-state index contributed by atoms with van der Waals surface area (Å²) in [5, 5.41) is 5.50. The third-order valence-electron chi connectivity index (χ3n) is 5.04. The SMILES string of the molecule is CNC(=O)[C@@H](NC(=O)c1nc(C#Cc2cccnc2)n2c1CN(C)CC2)C(C)(C)C. The van der Waals surface area contributed by atoms with Crippen molar-refractivity contribution in [3.63, 3.8) is 0 Å². The van der Waals surface area contributed by atoms with E-state index in [2.05, 4.69) is 37.3 Å². The summed E-state index contributed by atoms with van der Waals surface area (Å²) in [4.78, 5) is 36.2. The van der Waals surface area contributed by atoms with E-state index in [9.17, 15) is 9.59 Å². The number of hydrogen-bond acceptors (Lipinski definition) is 5. The molecule has 0 spiro atoms. The number of carbonyl (C=O) groups is 2. The van der Waals surface area contributed by atoms with E-state index in [1.54, 1.807) is 19.4 Å². The first-order valence-corrected chi connectivity index (χ1v) is 9.93. The van der Waals surface area contributed by atoms with Gasteiger partial charge in [0.05, 0.1) is 5.69 Å². The number of amides is 2. The molecule has 3 heterocycles. The maximum Gasteiger partial charge on any atom is 0.272 e. The molecule has 2 aromatic rings. The minimum atomic E-state index is -0.682. The largest absolute Gasteiger partial charge is 0.357 e. The number of imidazole rings is 1. The number of hydrogen-bond donors (Lipinski definition) is 2. The van der Waals surface area contributed by atoms with Gasteiger partial charge in [-0.15, -0.1) is 0 Å². The second-order valence-electron chi connectivity index (χ2n) is 8.50. The molecule has 0 radical (unpaired) electrons. The van der Waals surface area contributed by atoms with Gasteiger partial charge in [-0.1, -0.05) is 26.7 Å². The maximum absolute atomic E-state index is 13.1. The van der Waals surface area contributed by atoms with Crippen LogP contribution < -0.4 is 10.6 Å². The molecule has 1 aliphatic rings. The van der Waals surface area contributed by atoms with E-state index in [1.165, 1.54) is 0 Å². The molecule has 8 nitrogen and oxygen atoms in total. The Hall–Kier alpha value is -3.18. The summed E-state index contributed by atoms with van der Waals surface area (Å²) in [5.74, 6) is 6.08. The second kappa shape index (κ2) is 8.67. The molecule has 0 fully saturated rings. The minimum Gasteiger partial charge on any atom is -0.357 e. The molecule has 0 saturated heterocycles. The van der Waals surface area contributed by atoms with Gasteiger partial charge < -0.3 is 15.2 Å². The van der Waals surface area contributed by atoms with Crippen molar-refractivity contribution in [2.75, 3.05) is 20.6 Å². The quantitative estimate of drug-likeness (QED) is 0.740. The third-order valence-corrected chi connectivity index (χ3v) is 5.04. The van der Waals surface area contributed by atoms with Crippen LogP contribution in [0.5, 0.6) is 0 Å². The smallest absolute Gasteiger partial charge is 0.272 e. The molecule has 2 N–H and O–H groups in total. The number of nitrogens with zero attached hydrogens (tertiary/aromatic N) is 4. The van der Waals surface area contributed by atoms with Crippen LogP contribution in [0.3, 0.4) is 0 Å². The van der Waals surface area contributed by atoms with Gasteiger partial charge in [-0.2, -0.15) is 0 Å². The lowest BCUT2D eigenvalue weighted by Crippen LogP contribution is -2.53. The van der Waals surface area contributed by atoms with Gasteiger partial charge in [0.2, 0.25) is 5.91 Å². The van der Waals surface area contributed by atoms with Crippen molar-refractivity contribution in [3.05, 3.63) is 47.3 Å². The molecule has 1 aliphatic heterocycles. The lowest BCUT2D eigenvalue weighted by Gasteiger charge is -2.30. The Morgan fingerprint density at radius 2 is 2.00 bits per heavy atom. The first-order valence-electron chi connectivity index (χ1n) is 9.93. The molecule has 0 unspecified atom stereocenters. The van der Waals surface area contributed by atoms with Gasteiger partial charge >= 0.3 is 0 Å². The highest BCUT2D eigenvalue weighted by molar-refractivity contribution is 5.97. The van der Waals surface area contributed by atoms with E-state index in [-0.39, 0.29) is 11.8 Å². The fourth-order valence-corrected chi connectivity index (χ4v) is 3.35. The van der Waals surface area contributed by atoms with Crippen LogP contribution in [0.1, 0.15) is 48.3 Å². The number of likely N-dealkylation sites (N-methyl/N-ethyl adjacent to an activating group) is 2. The molecule has 30 heavy (non-hydrogen) atoms. The summed E-state index contributed by atoms with van der Waals surface area (Å²) in [7, 11) is 3.56. The normalized spacial score (nSPS) is 14.8. The highest BCUT2D eigenvalue weighted by Crippen LogP contribution is 2.22. The molecule has 3 rings (SSSR count). The van der Waals surface area contributed by atoms with Gasteiger partial charge in [0.25, 0.3) is 5.91 Å². The number of rotatable bonds is 3. The average Bonchev–Trinajstić information content (AvgIpc) is 3.07. The Labute approximate surface area is 177 Å². The molecule has 0 bridgehead atoms. The van der Waals surface area contributed by atoms with Gasteiger partial charge in [0.1, 0.15) is 6.04 Å². The van der Waals surface area contributed by atoms with Crippen molar-refractivity contribution in [3.8, 4) is 11.8 Å². The van der Waals surface area contributed by atoms with Gasteiger partial charge in [-0.25, -0.2) is 4.98 Å². The molecule has 2 amide bonds. The van der Waals surface area contributed by atoms with E-state index in [0.29, 0.717) is 24.6 Å². The topological polar surface area (TPSA) is 92.1 Å². The zero-order valence-corrected chi connectivity index (χ0v) is 18.1. The van der Waals surface area contributed by atoms with Crippen molar-refractivity contribution in [1.82, 2.24) is 30.1 Å². The summed E-state index contributed by atoms with van der Waals surface area (Å²) < 4.78 is 1.99. The van der Waals surface area contributed by atoms with E-state index in [1.807, 2.05) is 44.5 Å². The monoisotopic (exact) mass is 408 g/mol. The summed E-state index contributed by atoms with van der Waals surface area (Å²) in [6.07, 6.45) is 3.38. The predicted molar refractivity (Wildman–Crippen MR) is 114 cm³/mol. The zero-order chi connectivity index (χ0) is 21.9. The standard InChI is InChI=1S/C22H28N6O2/c1-22(2,3)19(21(30)23-4)26-20(29)18-16-14-27(5)11-12-28(16)17(25-18)9-8-15-7-6-10-24-13-15/h6-7,10,13,19H,11-12,14H2,1-5H3,(H,23,30)(H,26,29)/t19-/m1/s1. The van der Waals surface area contributed by atoms with Crippen molar-refractivity contribution in [2.24, 2.45) is 5.41 Å². The predicted octanol–water partition coefficient (Wildman–Crippen LogP) is 1.01. The molecular formula is C22H28N6O2. The average molecular weight is 409 g/mol. The fraction of sp³-hybridized carbons (Fsp3) is 0.455. The molecule has 0 aromatic carbocycles. The van der Waals surface area contributed by atoms with Gasteiger partial charge in [-0.05, 0) is 30.5 Å². The van der Waals surface area contributed by atoms with Gasteiger partial charge in [-0.3, -0.25) is 19.5 Å². The Balaban J connectivity index is 1.96. The van der Waals surface area contributed by atoms with E-state index >= 15 is 0 Å². The Bertz CT molecular complexity index is 994.